The van der Waals surface area contributed by atoms with E-state index in [1.54, 1.807) is 23.6 Å². The quantitative estimate of drug-likeness (QED) is 0.593. The van der Waals surface area contributed by atoms with Crippen molar-refractivity contribution in [2.45, 2.75) is 26.5 Å². The third kappa shape index (κ3) is 4.01. The minimum atomic E-state index is -2.88. The topological polar surface area (TPSA) is 60.7 Å². The fourth-order valence-corrected chi connectivity index (χ4v) is 4.04. The molecule has 2 heterocycles. The predicted molar refractivity (Wildman–Crippen MR) is 99.6 cm³/mol. The van der Waals surface area contributed by atoms with Gasteiger partial charge in [-0.05, 0) is 41.6 Å². The summed E-state index contributed by atoms with van der Waals surface area (Å²) < 4.78 is 36.3. The van der Waals surface area contributed by atoms with Crippen molar-refractivity contribution in [1.29, 1.82) is 0 Å². The molecule has 3 aromatic rings. The van der Waals surface area contributed by atoms with E-state index in [1.807, 2.05) is 11.5 Å². The molecule has 0 aliphatic rings. The number of ether oxygens (including phenoxy) is 2. The fraction of sp³-hybridized carbons (Fsp3) is 0.278. The van der Waals surface area contributed by atoms with Crippen LogP contribution in [0.3, 0.4) is 0 Å². The Morgan fingerprint density at radius 3 is 2.74 bits per heavy atom. The number of alkyl halides is 2. The molecule has 0 aliphatic carbocycles. The average Bonchev–Trinajstić information content (AvgIpc) is 3.11. The number of rotatable bonds is 7. The molecule has 9 heteroatoms. The summed E-state index contributed by atoms with van der Waals surface area (Å²) in [6.45, 7) is -0.686. The average molecular weight is 416 g/mol. The van der Waals surface area contributed by atoms with E-state index in [0.29, 0.717) is 22.9 Å². The van der Waals surface area contributed by atoms with Gasteiger partial charge >= 0.3 is 12.6 Å². The van der Waals surface area contributed by atoms with E-state index in [4.69, 9.17) is 16.3 Å². The summed E-state index contributed by atoms with van der Waals surface area (Å²) in [5.74, 6) is -0.495. The molecule has 27 heavy (non-hydrogen) atoms. The second-order valence-electron chi connectivity index (χ2n) is 5.88. The van der Waals surface area contributed by atoms with Crippen LogP contribution in [0.25, 0.3) is 10.9 Å². The molecule has 2 aromatic heterocycles. The van der Waals surface area contributed by atoms with Gasteiger partial charge in [0.2, 0.25) is 0 Å². The van der Waals surface area contributed by atoms with Crippen molar-refractivity contribution in [2.75, 3.05) is 7.11 Å². The minimum Gasteiger partial charge on any atom is -0.495 e. The first kappa shape index (κ1) is 19.4. The van der Waals surface area contributed by atoms with Crippen molar-refractivity contribution in [3.8, 4) is 10.8 Å². The number of nitrogens with zero attached hydrogens (tertiary/aromatic N) is 1. The van der Waals surface area contributed by atoms with Crippen LogP contribution in [-0.2, 0) is 17.8 Å². The fourth-order valence-electron chi connectivity index (χ4n) is 3.05. The molecule has 0 saturated carbocycles. The molecule has 3 rings (SSSR count). The molecule has 1 aromatic carbocycles. The van der Waals surface area contributed by atoms with Crippen molar-refractivity contribution in [3.05, 3.63) is 45.4 Å². The number of aromatic nitrogens is 1. The number of halogens is 3. The molecule has 0 saturated heterocycles. The Kier molecular flexibility index (Phi) is 5.57. The maximum atomic E-state index is 12.4. The van der Waals surface area contributed by atoms with E-state index >= 15 is 0 Å². The molecular weight excluding hydrogens is 400 g/mol. The molecule has 0 spiro atoms. The number of benzene rings is 1. The molecule has 0 bridgehead atoms. The third-order valence-corrected chi connectivity index (χ3v) is 5.39. The van der Waals surface area contributed by atoms with Gasteiger partial charge in [-0.1, -0.05) is 11.6 Å². The zero-order chi connectivity index (χ0) is 19.7. The lowest BCUT2D eigenvalue weighted by atomic mass is 10.1. The number of aliphatic carboxylic acids is 1. The zero-order valence-corrected chi connectivity index (χ0v) is 16.0. The van der Waals surface area contributed by atoms with E-state index in [-0.39, 0.29) is 11.5 Å². The van der Waals surface area contributed by atoms with E-state index in [0.717, 1.165) is 33.5 Å². The van der Waals surface area contributed by atoms with E-state index in [9.17, 15) is 18.7 Å². The Hall–Kier alpha value is -2.32. The highest BCUT2D eigenvalue weighted by Crippen LogP contribution is 2.36. The Morgan fingerprint density at radius 2 is 2.11 bits per heavy atom. The van der Waals surface area contributed by atoms with Crippen LogP contribution in [0, 0.1) is 6.92 Å². The maximum Gasteiger partial charge on any atom is 0.388 e. The highest BCUT2D eigenvalue weighted by molar-refractivity contribution is 7.12. The monoisotopic (exact) mass is 415 g/mol. The molecule has 0 atom stereocenters. The number of thiophene rings is 1. The van der Waals surface area contributed by atoms with Gasteiger partial charge in [-0.3, -0.25) is 4.79 Å². The van der Waals surface area contributed by atoms with Crippen LogP contribution in [0.15, 0.2) is 23.6 Å². The Labute approximate surface area is 162 Å². The van der Waals surface area contributed by atoms with Crippen molar-refractivity contribution >= 4 is 39.8 Å². The number of fused-ring (bicyclic) bond motifs is 1. The van der Waals surface area contributed by atoms with Gasteiger partial charge in [0, 0.05) is 17.6 Å². The normalized spacial score (nSPS) is 11.3. The maximum absolute atomic E-state index is 12.4. The van der Waals surface area contributed by atoms with Crippen LogP contribution in [0.1, 0.15) is 16.8 Å². The summed E-state index contributed by atoms with van der Waals surface area (Å²) in [4.78, 5) is 11.3. The van der Waals surface area contributed by atoms with Gasteiger partial charge in [0.15, 0.2) is 5.06 Å². The molecule has 0 amide bonds. The Morgan fingerprint density at radius 1 is 1.37 bits per heavy atom. The van der Waals surface area contributed by atoms with Crippen molar-refractivity contribution < 1.29 is 28.2 Å². The standard InChI is InChI=1S/C18H16ClF2NO4S/c1-9-11(5-16(23)24)12-4-15(25-2)13(19)6-14(12)22(9)7-10-3-17(27-8-10)26-18(20)21/h3-4,6,8,18H,5,7H2,1-2H3,(H,23,24). The second kappa shape index (κ2) is 7.74. The van der Waals surface area contributed by atoms with E-state index < -0.39 is 12.6 Å². The van der Waals surface area contributed by atoms with Gasteiger partial charge in [-0.25, -0.2) is 0 Å². The number of hydrogen-bond acceptors (Lipinski definition) is 4. The first-order valence-electron chi connectivity index (χ1n) is 7.89. The lowest BCUT2D eigenvalue weighted by Crippen LogP contribution is -2.04. The summed E-state index contributed by atoms with van der Waals surface area (Å²) >= 11 is 7.33. The van der Waals surface area contributed by atoms with Crippen LogP contribution in [0.4, 0.5) is 8.78 Å². The lowest BCUT2D eigenvalue weighted by Gasteiger charge is -2.09. The molecular formula is C18H16ClF2NO4S. The second-order valence-corrected chi connectivity index (χ2v) is 7.16. The van der Waals surface area contributed by atoms with Gasteiger partial charge in [0.05, 0.1) is 24.1 Å². The molecule has 144 valence electrons. The summed E-state index contributed by atoms with van der Waals surface area (Å²) in [6.07, 6.45) is -0.149. The van der Waals surface area contributed by atoms with Crippen LogP contribution >= 0.6 is 22.9 Å². The third-order valence-electron chi connectivity index (χ3n) is 4.23. The summed E-state index contributed by atoms with van der Waals surface area (Å²) in [5.41, 5.74) is 2.94. The van der Waals surface area contributed by atoms with Crippen LogP contribution in [0.5, 0.6) is 10.8 Å². The summed E-state index contributed by atoms with van der Waals surface area (Å²) in [6, 6.07) is 4.99. The SMILES string of the molecule is COc1cc2c(CC(=O)O)c(C)n(Cc3csc(OC(F)F)c3)c2cc1Cl. The molecule has 1 N–H and O–H groups in total. The highest BCUT2D eigenvalue weighted by Gasteiger charge is 2.19. The smallest absolute Gasteiger partial charge is 0.388 e. The first-order chi connectivity index (χ1) is 12.8. The van der Waals surface area contributed by atoms with Gasteiger partial charge in [-0.2, -0.15) is 8.78 Å². The molecule has 0 aliphatic heterocycles. The summed E-state index contributed by atoms with van der Waals surface area (Å²) in [7, 11) is 1.49. The van der Waals surface area contributed by atoms with Crippen molar-refractivity contribution in [2.24, 2.45) is 0 Å². The number of carboxylic acids is 1. The highest BCUT2D eigenvalue weighted by atomic mass is 35.5. The summed E-state index contributed by atoms with van der Waals surface area (Å²) in [5, 5.41) is 12.2. The molecule has 0 unspecified atom stereocenters. The molecule has 0 radical (unpaired) electrons. The van der Waals surface area contributed by atoms with Crippen LogP contribution in [-0.4, -0.2) is 29.4 Å². The van der Waals surface area contributed by atoms with E-state index in [2.05, 4.69) is 4.74 Å². The molecule has 5 nitrogen and oxygen atoms in total. The van der Waals surface area contributed by atoms with E-state index in [1.165, 1.54) is 7.11 Å². The predicted octanol–water partition coefficient (Wildman–Crippen LogP) is 4.95. The van der Waals surface area contributed by atoms with Crippen LogP contribution in [0.2, 0.25) is 5.02 Å². The number of methoxy groups -OCH3 is 1. The van der Waals surface area contributed by atoms with Crippen LogP contribution < -0.4 is 9.47 Å². The van der Waals surface area contributed by atoms with Gasteiger partial charge < -0.3 is 19.1 Å². The minimum absolute atomic E-state index is 0.125. The van der Waals surface area contributed by atoms with Crippen molar-refractivity contribution in [1.82, 2.24) is 4.57 Å². The Balaban J connectivity index is 2.08. The first-order valence-corrected chi connectivity index (χ1v) is 9.15. The Bertz CT molecular complexity index is 999. The lowest BCUT2D eigenvalue weighted by molar-refractivity contribution is -0.136. The zero-order valence-electron chi connectivity index (χ0n) is 14.5. The van der Waals surface area contributed by atoms with Crippen molar-refractivity contribution in [3.63, 3.8) is 0 Å². The number of carbonyl (C=O) groups is 1. The van der Waals surface area contributed by atoms with Gasteiger partial charge in [0.1, 0.15) is 5.75 Å². The van der Waals surface area contributed by atoms with Gasteiger partial charge in [0.25, 0.3) is 0 Å². The largest absolute Gasteiger partial charge is 0.495 e. The molecule has 0 fully saturated rings. The number of carboxylic acid groups (broad SMARTS) is 1. The van der Waals surface area contributed by atoms with Gasteiger partial charge in [-0.15, -0.1) is 11.3 Å². The number of hydrogen-bond donors (Lipinski definition) is 1.